The van der Waals surface area contributed by atoms with Crippen LogP contribution in [0.25, 0.3) is 0 Å². The molecular weight excluding hydrogens is 228 g/mol. The van der Waals surface area contributed by atoms with Crippen LogP contribution < -0.4 is 5.32 Å². The lowest BCUT2D eigenvalue weighted by molar-refractivity contribution is 0.0946. The van der Waals surface area contributed by atoms with Crippen LogP contribution in [0.3, 0.4) is 0 Å². The Hall–Kier alpha value is -0.770. The average Bonchev–Trinajstić information content (AvgIpc) is 2.36. The summed E-state index contributed by atoms with van der Waals surface area (Å²) in [6, 6.07) is 0.553. The van der Waals surface area contributed by atoms with Crippen molar-refractivity contribution in [1.82, 2.24) is 10.2 Å². The van der Waals surface area contributed by atoms with Crippen LogP contribution in [0.4, 0.5) is 4.79 Å². The molecule has 0 saturated carbocycles. The van der Waals surface area contributed by atoms with Crippen molar-refractivity contribution in [2.75, 3.05) is 26.2 Å². The lowest BCUT2D eigenvalue weighted by Crippen LogP contribution is -2.46. The molecule has 4 heteroatoms. The van der Waals surface area contributed by atoms with E-state index in [4.69, 9.17) is 4.74 Å². The number of hydrogen-bond acceptors (Lipinski definition) is 3. The summed E-state index contributed by atoms with van der Waals surface area (Å²) in [5.74, 6) is 1.42. The van der Waals surface area contributed by atoms with Gasteiger partial charge in [0.1, 0.15) is 0 Å². The molecule has 1 aliphatic heterocycles. The van der Waals surface area contributed by atoms with E-state index in [1.807, 2.05) is 11.8 Å². The van der Waals surface area contributed by atoms with Gasteiger partial charge in [-0.2, -0.15) is 0 Å². The van der Waals surface area contributed by atoms with Crippen LogP contribution in [0, 0.1) is 11.8 Å². The Labute approximate surface area is 111 Å². The predicted octanol–water partition coefficient (Wildman–Crippen LogP) is 2.49. The van der Waals surface area contributed by atoms with Crippen molar-refractivity contribution in [2.24, 2.45) is 11.8 Å². The summed E-state index contributed by atoms with van der Waals surface area (Å²) in [5, 5.41) is 3.62. The van der Waals surface area contributed by atoms with Crippen LogP contribution in [0.15, 0.2) is 0 Å². The van der Waals surface area contributed by atoms with Crippen LogP contribution in [-0.2, 0) is 4.74 Å². The minimum absolute atomic E-state index is 0.161. The molecule has 0 aromatic heterocycles. The van der Waals surface area contributed by atoms with Crippen LogP contribution in [-0.4, -0.2) is 43.3 Å². The molecule has 0 bridgehead atoms. The zero-order valence-electron chi connectivity index (χ0n) is 12.2. The highest BCUT2D eigenvalue weighted by molar-refractivity contribution is 5.67. The Morgan fingerprint density at radius 1 is 1.33 bits per heavy atom. The Morgan fingerprint density at radius 2 is 1.94 bits per heavy atom. The molecule has 1 aliphatic rings. The van der Waals surface area contributed by atoms with Gasteiger partial charge in [-0.3, -0.25) is 0 Å². The summed E-state index contributed by atoms with van der Waals surface area (Å²) in [6.07, 6.45) is 1.90. The standard InChI is InChI=1S/C14H28N2O2/c1-5-18-14(17)16-8-6-13(7-9-16)15-10-12(4)11(2)3/h11-13,15H,5-10H2,1-4H3. The minimum atomic E-state index is -0.161. The Balaban J connectivity index is 2.21. The van der Waals surface area contributed by atoms with E-state index >= 15 is 0 Å². The van der Waals surface area contributed by atoms with Crippen molar-refractivity contribution in [3.63, 3.8) is 0 Å². The predicted molar refractivity (Wildman–Crippen MR) is 73.6 cm³/mol. The normalized spacial score (nSPS) is 19.1. The molecule has 1 atom stereocenters. The smallest absolute Gasteiger partial charge is 0.409 e. The molecule has 4 nitrogen and oxygen atoms in total. The third-order valence-corrected chi connectivity index (χ3v) is 3.89. The lowest BCUT2D eigenvalue weighted by Gasteiger charge is -2.32. The van der Waals surface area contributed by atoms with Crippen molar-refractivity contribution in [2.45, 2.75) is 46.6 Å². The number of rotatable bonds is 5. The van der Waals surface area contributed by atoms with E-state index in [-0.39, 0.29) is 6.09 Å². The Bertz CT molecular complexity index is 248. The minimum Gasteiger partial charge on any atom is -0.450 e. The third kappa shape index (κ3) is 4.84. The number of likely N-dealkylation sites (tertiary alicyclic amines) is 1. The van der Waals surface area contributed by atoms with Crippen molar-refractivity contribution >= 4 is 6.09 Å². The quantitative estimate of drug-likeness (QED) is 0.821. The molecule has 1 heterocycles. The van der Waals surface area contributed by atoms with Gasteiger partial charge in [0, 0.05) is 19.1 Å². The van der Waals surface area contributed by atoms with Gasteiger partial charge in [0.2, 0.25) is 0 Å². The molecule has 1 N–H and O–H groups in total. The van der Waals surface area contributed by atoms with Gasteiger partial charge in [-0.15, -0.1) is 0 Å². The van der Waals surface area contributed by atoms with Crippen LogP contribution in [0.2, 0.25) is 0 Å². The summed E-state index contributed by atoms with van der Waals surface area (Å²) in [7, 11) is 0. The molecule has 1 amide bonds. The summed E-state index contributed by atoms with van der Waals surface area (Å²) < 4.78 is 5.01. The fraction of sp³-hybridized carbons (Fsp3) is 0.929. The zero-order chi connectivity index (χ0) is 13.5. The van der Waals surface area contributed by atoms with E-state index in [0.29, 0.717) is 18.6 Å². The second-order valence-corrected chi connectivity index (χ2v) is 5.59. The number of ether oxygens (including phenoxy) is 1. The first kappa shape index (κ1) is 15.3. The summed E-state index contributed by atoms with van der Waals surface area (Å²) in [4.78, 5) is 13.4. The molecule has 1 rings (SSSR count). The first-order chi connectivity index (χ1) is 8.54. The van der Waals surface area contributed by atoms with Gasteiger partial charge in [0.25, 0.3) is 0 Å². The summed E-state index contributed by atoms with van der Waals surface area (Å²) in [6.45, 7) is 11.8. The molecule has 0 aromatic rings. The highest BCUT2D eigenvalue weighted by Gasteiger charge is 2.23. The SMILES string of the molecule is CCOC(=O)N1CCC(NCC(C)C(C)C)CC1. The number of carbonyl (C=O) groups excluding carboxylic acids is 1. The van der Waals surface area contributed by atoms with E-state index < -0.39 is 0 Å². The molecule has 0 spiro atoms. The number of hydrogen-bond donors (Lipinski definition) is 1. The van der Waals surface area contributed by atoms with Gasteiger partial charge in [-0.25, -0.2) is 4.79 Å². The first-order valence-electron chi connectivity index (χ1n) is 7.19. The van der Waals surface area contributed by atoms with E-state index in [9.17, 15) is 4.79 Å². The Kier molecular flexibility index (Phi) is 6.47. The van der Waals surface area contributed by atoms with Gasteiger partial charge in [-0.1, -0.05) is 20.8 Å². The molecule has 1 fully saturated rings. The molecule has 0 aliphatic carbocycles. The van der Waals surface area contributed by atoms with Crippen LogP contribution in [0.1, 0.15) is 40.5 Å². The van der Waals surface area contributed by atoms with Gasteiger partial charge < -0.3 is 15.0 Å². The van der Waals surface area contributed by atoms with E-state index in [1.165, 1.54) is 0 Å². The monoisotopic (exact) mass is 256 g/mol. The van der Waals surface area contributed by atoms with E-state index in [2.05, 4.69) is 26.1 Å². The fourth-order valence-electron chi connectivity index (χ4n) is 2.07. The Morgan fingerprint density at radius 3 is 2.44 bits per heavy atom. The van der Waals surface area contributed by atoms with Crippen LogP contribution >= 0.6 is 0 Å². The molecule has 106 valence electrons. The highest BCUT2D eigenvalue weighted by Crippen LogP contribution is 2.13. The molecule has 0 radical (unpaired) electrons. The number of amides is 1. The summed E-state index contributed by atoms with van der Waals surface area (Å²) in [5.41, 5.74) is 0. The maximum atomic E-state index is 11.5. The second-order valence-electron chi connectivity index (χ2n) is 5.59. The van der Waals surface area contributed by atoms with Crippen molar-refractivity contribution in [1.29, 1.82) is 0 Å². The van der Waals surface area contributed by atoms with E-state index in [0.717, 1.165) is 38.4 Å². The second kappa shape index (κ2) is 7.62. The molecule has 0 aromatic carbocycles. The van der Waals surface area contributed by atoms with E-state index in [1.54, 1.807) is 0 Å². The number of piperidine rings is 1. The van der Waals surface area contributed by atoms with Crippen LogP contribution in [0.5, 0.6) is 0 Å². The zero-order valence-corrected chi connectivity index (χ0v) is 12.2. The summed E-state index contributed by atoms with van der Waals surface area (Å²) >= 11 is 0. The third-order valence-electron chi connectivity index (χ3n) is 3.89. The van der Waals surface area contributed by atoms with Crippen molar-refractivity contribution in [3.8, 4) is 0 Å². The van der Waals surface area contributed by atoms with Crippen molar-refractivity contribution < 1.29 is 9.53 Å². The number of nitrogens with zero attached hydrogens (tertiary/aromatic N) is 1. The van der Waals surface area contributed by atoms with Gasteiger partial charge in [0.15, 0.2) is 0 Å². The number of nitrogens with one attached hydrogen (secondary N) is 1. The number of carbonyl (C=O) groups is 1. The highest BCUT2D eigenvalue weighted by atomic mass is 16.6. The molecule has 1 saturated heterocycles. The maximum Gasteiger partial charge on any atom is 0.409 e. The molecule has 1 unspecified atom stereocenters. The topological polar surface area (TPSA) is 41.6 Å². The van der Waals surface area contributed by atoms with Gasteiger partial charge >= 0.3 is 6.09 Å². The van der Waals surface area contributed by atoms with Crippen molar-refractivity contribution in [3.05, 3.63) is 0 Å². The maximum absolute atomic E-state index is 11.5. The average molecular weight is 256 g/mol. The molecule has 18 heavy (non-hydrogen) atoms. The first-order valence-corrected chi connectivity index (χ1v) is 7.19. The van der Waals surface area contributed by atoms with Gasteiger partial charge in [-0.05, 0) is 38.1 Å². The lowest BCUT2D eigenvalue weighted by atomic mass is 9.97. The van der Waals surface area contributed by atoms with Gasteiger partial charge in [0.05, 0.1) is 6.61 Å². The fourth-order valence-corrected chi connectivity index (χ4v) is 2.07. The molecular formula is C14H28N2O2. The largest absolute Gasteiger partial charge is 0.450 e.